The zero-order valence-corrected chi connectivity index (χ0v) is 21.3. The van der Waals surface area contributed by atoms with Crippen molar-refractivity contribution in [1.29, 1.82) is 0 Å². The summed E-state index contributed by atoms with van der Waals surface area (Å²) in [6, 6.07) is 4.65. The molecular formula is C27H42N2O5. The topological polar surface area (TPSA) is 83.6 Å². The van der Waals surface area contributed by atoms with Gasteiger partial charge in [0.15, 0.2) is 5.75 Å². The molecule has 0 bridgehead atoms. The number of hydrogen-bond acceptors (Lipinski definition) is 5. The molecule has 0 aliphatic heterocycles. The second kappa shape index (κ2) is 15.4. The highest BCUT2D eigenvalue weighted by Crippen LogP contribution is 2.35. The van der Waals surface area contributed by atoms with Crippen LogP contribution in [-0.2, 0) is 6.54 Å². The molecule has 0 fully saturated rings. The Morgan fingerprint density at radius 2 is 1.38 bits per heavy atom. The Bertz CT molecular complexity index is 954. The molecule has 2 aromatic rings. The molecule has 0 radical (unpaired) electrons. The molecule has 0 aliphatic carbocycles. The van der Waals surface area contributed by atoms with Gasteiger partial charge in [-0.15, -0.1) is 0 Å². The molecule has 1 aromatic heterocycles. The Kier molecular flexibility index (Phi) is 12.5. The number of ether oxygens (including phenoxy) is 2. The van der Waals surface area contributed by atoms with E-state index in [1.807, 2.05) is 0 Å². The first-order valence-corrected chi connectivity index (χ1v) is 13.2. The van der Waals surface area contributed by atoms with Crippen LogP contribution >= 0.6 is 0 Å². The monoisotopic (exact) mass is 474 g/mol. The summed E-state index contributed by atoms with van der Waals surface area (Å²) in [5.74, 6) is 0.653. The lowest BCUT2D eigenvalue weighted by atomic mass is 10.1. The van der Waals surface area contributed by atoms with Crippen molar-refractivity contribution in [1.82, 2.24) is 4.57 Å². The predicted octanol–water partition coefficient (Wildman–Crippen LogP) is 7.41. The number of hydrogen-bond donors (Lipinski definition) is 0. The molecule has 0 N–H and O–H groups in total. The molecule has 0 aliphatic rings. The van der Waals surface area contributed by atoms with Crippen LogP contribution in [-0.4, -0.2) is 22.7 Å². The van der Waals surface area contributed by atoms with E-state index in [0.29, 0.717) is 36.4 Å². The van der Waals surface area contributed by atoms with E-state index in [-0.39, 0.29) is 17.0 Å². The van der Waals surface area contributed by atoms with Crippen LogP contribution in [0.5, 0.6) is 11.5 Å². The van der Waals surface area contributed by atoms with E-state index in [1.54, 1.807) is 10.6 Å². The van der Waals surface area contributed by atoms with Crippen molar-refractivity contribution in [2.75, 3.05) is 13.2 Å². The normalized spacial score (nSPS) is 11.1. The lowest BCUT2D eigenvalue weighted by Gasteiger charge is -2.19. The van der Waals surface area contributed by atoms with Gasteiger partial charge in [0.05, 0.1) is 23.7 Å². The summed E-state index contributed by atoms with van der Waals surface area (Å²) in [5.41, 5.74) is 0.241. The minimum atomic E-state index is -0.425. The number of nitro groups is 1. The first-order chi connectivity index (χ1) is 16.5. The SMILES string of the molecule is CCCCCCCCOc1c(OCCCC)c2ccc([N+](=O)[O-])cc2n(CCCCCC)c1=O. The van der Waals surface area contributed by atoms with Gasteiger partial charge in [-0.2, -0.15) is 0 Å². The van der Waals surface area contributed by atoms with Crippen LogP contribution in [0.3, 0.4) is 0 Å². The first-order valence-electron chi connectivity index (χ1n) is 13.2. The van der Waals surface area contributed by atoms with Crippen LogP contribution in [0.1, 0.15) is 97.8 Å². The number of fused-ring (bicyclic) bond motifs is 1. The number of nitrogens with zero attached hydrogens (tertiary/aromatic N) is 2. The van der Waals surface area contributed by atoms with Gasteiger partial charge >= 0.3 is 0 Å². The summed E-state index contributed by atoms with van der Waals surface area (Å²) in [5, 5.41) is 12.1. The molecule has 190 valence electrons. The molecule has 2 rings (SSSR count). The second-order valence-corrected chi connectivity index (χ2v) is 8.95. The number of aromatic nitrogens is 1. The van der Waals surface area contributed by atoms with Gasteiger partial charge in [-0.1, -0.05) is 78.6 Å². The van der Waals surface area contributed by atoms with Crippen LogP contribution in [0, 0.1) is 10.1 Å². The Morgan fingerprint density at radius 1 is 0.794 bits per heavy atom. The van der Waals surface area contributed by atoms with Crippen molar-refractivity contribution in [2.45, 2.75) is 104 Å². The zero-order valence-electron chi connectivity index (χ0n) is 21.3. The van der Waals surface area contributed by atoms with Gasteiger partial charge in [-0.3, -0.25) is 14.9 Å². The van der Waals surface area contributed by atoms with Crippen LogP contribution < -0.4 is 15.0 Å². The number of non-ortho nitro benzene ring substituents is 1. The Balaban J connectivity index is 2.41. The molecule has 0 saturated carbocycles. The van der Waals surface area contributed by atoms with E-state index in [9.17, 15) is 14.9 Å². The number of benzene rings is 1. The number of unbranched alkanes of at least 4 members (excludes halogenated alkanes) is 9. The maximum atomic E-state index is 13.6. The standard InChI is InChI=1S/C27H42N2O5/c1-4-7-10-12-13-15-20-34-26-25(33-19-9-6-3)23-17-16-22(29(31)32)21-24(23)28(27(26)30)18-14-11-8-5-2/h16-17,21H,4-15,18-20H2,1-3H3. The van der Waals surface area contributed by atoms with Crippen LogP contribution in [0.2, 0.25) is 0 Å². The highest BCUT2D eigenvalue weighted by molar-refractivity contribution is 5.89. The van der Waals surface area contributed by atoms with E-state index in [1.165, 1.54) is 37.8 Å². The van der Waals surface area contributed by atoms with Crippen LogP contribution in [0.25, 0.3) is 10.9 Å². The fraction of sp³-hybridized carbons (Fsp3) is 0.667. The molecule has 7 heteroatoms. The molecule has 1 heterocycles. The van der Waals surface area contributed by atoms with Crippen molar-refractivity contribution in [3.05, 3.63) is 38.7 Å². The number of nitro benzene ring substituents is 1. The molecule has 0 unspecified atom stereocenters. The van der Waals surface area contributed by atoms with E-state index in [0.717, 1.165) is 51.4 Å². The third-order valence-corrected chi connectivity index (χ3v) is 6.10. The second-order valence-electron chi connectivity index (χ2n) is 8.95. The van der Waals surface area contributed by atoms with Crippen LogP contribution in [0.4, 0.5) is 5.69 Å². The molecule has 0 amide bonds. The largest absolute Gasteiger partial charge is 0.489 e. The summed E-state index contributed by atoms with van der Waals surface area (Å²) < 4.78 is 13.8. The summed E-state index contributed by atoms with van der Waals surface area (Å²) >= 11 is 0. The molecule has 34 heavy (non-hydrogen) atoms. The minimum Gasteiger partial charge on any atom is -0.489 e. The van der Waals surface area contributed by atoms with Gasteiger partial charge in [0.1, 0.15) is 0 Å². The number of rotatable bonds is 18. The maximum Gasteiger partial charge on any atom is 0.297 e. The highest BCUT2D eigenvalue weighted by Gasteiger charge is 2.21. The van der Waals surface area contributed by atoms with Crippen LogP contribution in [0.15, 0.2) is 23.0 Å². The number of pyridine rings is 1. The zero-order chi connectivity index (χ0) is 24.8. The summed E-state index contributed by atoms with van der Waals surface area (Å²) in [7, 11) is 0. The predicted molar refractivity (Wildman–Crippen MR) is 138 cm³/mol. The summed E-state index contributed by atoms with van der Waals surface area (Å²) in [4.78, 5) is 24.6. The lowest BCUT2D eigenvalue weighted by molar-refractivity contribution is -0.384. The smallest absolute Gasteiger partial charge is 0.297 e. The average Bonchev–Trinajstić information content (AvgIpc) is 2.83. The fourth-order valence-corrected chi connectivity index (χ4v) is 4.06. The van der Waals surface area contributed by atoms with E-state index in [4.69, 9.17) is 9.47 Å². The third kappa shape index (κ3) is 8.03. The van der Waals surface area contributed by atoms with Crippen molar-refractivity contribution >= 4 is 16.6 Å². The van der Waals surface area contributed by atoms with E-state index >= 15 is 0 Å². The van der Waals surface area contributed by atoms with Crippen molar-refractivity contribution in [3.63, 3.8) is 0 Å². The van der Waals surface area contributed by atoms with Gasteiger partial charge in [0, 0.05) is 24.1 Å². The Labute approximate surface area is 203 Å². The van der Waals surface area contributed by atoms with Crippen molar-refractivity contribution < 1.29 is 14.4 Å². The average molecular weight is 475 g/mol. The van der Waals surface area contributed by atoms with Crippen molar-refractivity contribution in [2.24, 2.45) is 0 Å². The summed E-state index contributed by atoms with van der Waals surface area (Å²) in [6.07, 6.45) is 12.6. The molecular weight excluding hydrogens is 432 g/mol. The van der Waals surface area contributed by atoms with E-state index in [2.05, 4.69) is 20.8 Å². The molecule has 0 saturated heterocycles. The minimum absolute atomic E-state index is 0.0329. The third-order valence-electron chi connectivity index (χ3n) is 6.10. The first kappa shape index (κ1) is 27.7. The van der Waals surface area contributed by atoms with Gasteiger partial charge < -0.3 is 14.0 Å². The van der Waals surface area contributed by atoms with Gasteiger partial charge in [-0.05, 0) is 25.3 Å². The maximum absolute atomic E-state index is 13.6. The Hall–Kier alpha value is -2.57. The highest BCUT2D eigenvalue weighted by atomic mass is 16.6. The van der Waals surface area contributed by atoms with E-state index < -0.39 is 4.92 Å². The molecule has 1 aromatic carbocycles. The fourth-order valence-electron chi connectivity index (χ4n) is 4.06. The Morgan fingerprint density at radius 3 is 2.06 bits per heavy atom. The lowest BCUT2D eigenvalue weighted by Crippen LogP contribution is -2.24. The molecule has 0 spiro atoms. The summed E-state index contributed by atoms with van der Waals surface area (Å²) in [6.45, 7) is 7.84. The molecule has 7 nitrogen and oxygen atoms in total. The number of aryl methyl sites for hydroxylation is 1. The van der Waals surface area contributed by atoms with Gasteiger partial charge in [0.25, 0.3) is 11.2 Å². The van der Waals surface area contributed by atoms with Gasteiger partial charge in [0.2, 0.25) is 5.75 Å². The van der Waals surface area contributed by atoms with Crippen molar-refractivity contribution in [3.8, 4) is 11.5 Å². The van der Waals surface area contributed by atoms with Gasteiger partial charge in [-0.25, -0.2) is 0 Å². The molecule has 0 atom stereocenters. The quantitative estimate of drug-likeness (QED) is 0.128.